The van der Waals surface area contributed by atoms with Crippen molar-refractivity contribution in [1.82, 2.24) is 29.9 Å². The molecule has 5 N–H and O–H groups in total. The quantitative estimate of drug-likeness (QED) is 0.193. The van der Waals surface area contributed by atoms with Crippen molar-refractivity contribution in [1.29, 1.82) is 5.41 Å². The lowest BCUT2D eigenvalue weighted by atomic mass is 9.95. The van der Waals surface area contributed by atoms with Crippen LogP contribution in [0.5, 0.6) is 0 Å². The maximum Gasteiger partial charge on any atom is 0.295 e. The fraction of sp³-hybridized carbons (Fsp3) is 0.0500. The molecule has 0 spiro atoms. The molecule has 14 nitrogen and oxygen atoms in total. The molecule has 184 valence electrons. The summed E-state index contributed by atoms with van der Waals surface area (Å²) in [5, 5.41) is 8.54. The largest absolute Gasteiger partial charge is 0.319 e. The lowest BCUT2D eigenvalue weighted by Crippen LogP contribution is -2.25. The van der Waals surface area contributed by atoms with Crippen LogP contribution in [0, 0.1) is 5.41 Å². The van der Waals surface area contributed by atoms with Gasteiger partial charge in [-0.25, -0.2) is 29.9 Å². The second-order valence-corrected chi connectivity index (χ2v) is 10.0. The molecule has 36 heavy (non-hydrogen) atoms. The Bertz CT molecular complexity index is 1670. The molecule has 0 aliphatic carbocycles. The van der Waals surface area contributed by atoms with Gasteiger partial charge in [-0.1, -0.05) is 24.3 Å². The van der Waals surface area contributed by atoms with Crippen molar-refractivity contribution in [3.8, 4) is 22.8 Å². The van der Waals surface area contributed by atoms with Crippen molar-refractivity contribution in [3.05, 3.63) is 72.8 Å². The van der Waals surface area contributed by atoms with Crippen LogP contribution in [-0.2, 0) is 20.2 Å². The van der Waals surface area contributed by atoms with E-state index in [2.05, 4.69) is 29.9 Å². The van der Waals surface area contributed by atoms with Gasteiger partial charge < -0.3 is 11.1 Å². The third-order valence-corrected chi connectivity index (χ3v) is 6.79. The minimum absolute atomic E-state index is 0.111. The maximum atomic E-state index is 12.2. The van der Waals surface area contributed by atoms with Gasteiger partial charge in [0, 0.05) is 16.7 Å². The topological polar surface area (TPSA) is 236 Å². The predicted molar refractivity (Wildman–Crippen MR) is 124 cm³/mol. The molecule has 4 aromatic rings. The van der Waals surface area contributed by atoms with Crippen LogP contribution in [0.2, 0.25) is 0 Å². The SMILES string of the molecule is N=C(c1ccc(-c2ncncn2)cc1S(=O)(=O)O)C(N)c1ccc(-c2ncncn2)cc1S(=O)(=O)O. The molecule has 0 saturated heterocycles. The Kier molecular flexibility index (Phi) is 6.61. The summed E-state index contributed by atoms with van der Waals surface area (Å²) < 4.78 is 68.2. The normalized spacial score (nSPS) is 12.8. The van der Waals surface area contributed by atoms with E-state index in [0.717, 1.165) is 12.1 Å². The minimum atomic E-state index is -4.86. The Labute approximate surface area is 204 Å². The Hall–Kier alpha value is -4.09. The molecule has 0 amide bonds. The zero-order chi connectivity index (χ0) is 26.1. The van der Waals surface area contributed by atoms with Crippen molar-refractivity contribution >= 4 is 25.9 Å². The number of benzene rings is 2. The molecule has 0 aliphatic rings. The zero-order valence-electron chi connectivity index (χ0n) is 18.0. The fourth-order valence-corrected chi connectivity index (χ4v) is 4.85. The van der Waals surface area contributed by atoms with Crippen molar-refractivity contribution in [2.75, 3.05) is 0 Å². The molecule has 0 fully saturated rings. The minimum Gasteiger partial charge on any atom is -0.319 e. The average Bonchev–Trinajstić information content (AvgIpc) is 2.87. The molecule has 2 aromatic heterocycles. The van der Waals surface area contributed by atoms with Crippen molar-refractivity contribution in [3.63, 3.8) is 0 Å². The fourth-order valence-electron chi connectivity index (χ4n) is 3.35. The zero-order valence-corrected chi connectivity index (χ0v) is 19.6. The van der Waals surface area contributed by atoms with Crippen LogP contribution in [0.3, 0.4) is 0 Å². The Morgan fingerprint density at radius 3 is 1.67 bits per heavy atom. The van der Waals surface area contributed by atoms with Gasteiger partial charge in [0.2, 0.25) is 0 Å². The smallest absolute Gasteiger partial charge is 0.295 e. The van der Waals surface area contributed by atoms with Gasteiger partial charge in [0.25, 0.3) is 20.2 Å². The molecule has 2 aromatic carbocycles. The van der Waals surface area contributed by atoms with E-state index in [4.69, 9.17) is 11.1 Å². The molecule has 1 unspecified atom stereocenters. The maximum absolute atomic E-state index is 12.2. The summed E-state index contributed by atoms with van der Waals surface area (Å²) in [5.41, 5.74) is 5.53. The van der Waals surface area contributed by atoms with Gasteiger partial charge in [-0.3, -0.25) is 9.11 Å². The third-order valence-electron chi connectivity index (χ3n) is 4.99. The van der Waals surface area contributed by atoms with Gasteiger partial charge in [0.1, 0.15) is 30.2 Å². The lowest BCUT2D eigenvalue weighted by Gasteiger charge is -2.19. The van der Waals surface area contributed by atoms with E-state index in [1.165, 1.54) is 49.6 Å². The van der Waals surface area contributed by atoms with E-state index >= 15 is 0 Å². The van der Waals surface area contributed by atoms with Crippen LogP contribution in [0.25, 0.3) is 22.8 Å². The Morgan fingerprint density at radius 1 is 0.750 bits per heavy atom. The summed E-state index contributed by atoms with van der Waals surface area (Å²) in [6, 6.07) is 5.85. The van der Waals surface area contributed by atoms with Crippen LogP contribution in [0.4, 0.5) is 0 Å². The molecular weight excluding hydrogens is 512 g/mol. The van der Waals surface area contributed by atoms with E-state index in [1.807, 2.05) is 0 Å². The number of aromatic nitrogens is 6. The van der Waals surface area contributed by atoms with Crippen LogP contribution >= 0.6 is 0 Å². The van der Waals surface area contributed by atoms with E-state index in [-0.39, 0.29) is 33.9 Å². The Morgan fingerprint density at radius 2 is 1.19 bits per heavy atom. The first-order chi connectivity index (χ1) is 17.0. The number of hydrogen-bond donors (Lipinski definition) is 4. The first kappa shape index (κ1) is 25.0. The van der Waals surface area contributed by atoms with Crippen molar-refractivity contribution in [2.45, 2.75) is 15.8 Å². The highest BCUT2D eigenvalue weighted by Crippen LogP contribution is 2.31. The van der Waals surface area contributed by atoms with Crippen LogP contribution in [-0.4, -0.2) is 61.6 Å². The van der Waals surface area contributed by atoms with Crippen LogP contribution < -0.4 is 5.73 Å². The standard InChI is InChI=1S/C20H16N8O6S2/c21-17(13-3-1-11(5-15(13)35(29,30)31)19-25-7-23-8-26-19)18(22)14-4-2-12(6-16(14)36(32,33)34)20-27-9-24-10-28-20/h1-10,17,22H,21H2,(H,29,30,31)(H,32,33,34). The second-order valence-electron chi connectivity index (χ2n) is 7.23. The summed E-state index contributed by atoms with van der Waals surface area (Å²) in [6.07, 6.45) is 4.78. The highest BCUT2D eigenvalue weighted by Gasteiger charge is 2.28. The summed E-state index contributed by atoms with van der Waals surface area (Å²) >= 11 is 0. The molecule has 0 aliphatic heterocycles. The van der Waals surface area contributed by atoms with Gasteiger partial charge in [-0.2, -0.15) is 16.8 Å². The number of nitrogens with zero attached hydrogens (tertiary/aromatic N) is 6. The second kappa shape index (κ2) is 9.51. The third kappa shape index (κ3) is 5.11. The van der Waals surface area contributed by atoms with Crippen LogP contribution in [0.15, 0.2) is 71.5 Å². The molecular formula is C20H16N8O6S2. The number of nitrogens with one attached hydrogen (secondary N) is 1. The van der Waals surface area contributed by atoms with Gasteiger partial charge in [0.05, 0.1) is 16.6 Å². The van der Waals surface area contributed by atoms with E-state index in [1.54, 1.807) is 0 Å². The number of rotatable bonds is 7. The summed E-state index contributed by atoms with van der Waals surface area (Å²) in [6.45, 7) is 0. The molecule has 1 atom stereocenters. The number of hydrogen-bond acceptors (Lipinski definition) is 12. The van der Waals surface area contributed by atoms with Crippen molar-refractivity contribution in [2.24, 2.45) is 5.73 Å². The monoisotopic (exact) mass is 528 g/mol. The molecule has 16 heteroatoms. The Balaban J connectivity index is 1.81. The number of nitrogens with two attached hydrogens (primary N) is 1. The molecule has 0 bridgehead atoms. The average molecular weight is 529 g/mol. The molecule has 4 rings (SSSR count). The molecule has 0 saturated carbocycles. The van der Waals surface area contributed by atoms with Crippen molar-refractivity contribution < 1.29 is 25.9 Å². The highest BCUT2D eigenvalue weighted by molar-refractivity contribution is 7.86. The lowest BCUT2D eigenvalue weighted by molar-refractivity contribution is 0.479. The van der Waals surface area contributed by atoms with Gasteiger partial charge in [-0.15, -0.1) is 0 Å². The van der Waals surface area contributed by atoms with E-state index in [9.17, 15) is 25.9 Å². The highest BCUT2D eigenvalue weighted by atomic mass is 32.2. The first-order valence-electron chi connectivity index (χ1n) is 9.79. The van der Waals surface area contributed by atoms with Gasteiger partial charge in [0.15, 0.2) is 11.6 Å². The van der Waals surface area contributed by atoms with Gasteiger partial charge in [-0.05, 0) is 17.7 Å². The summed E-state index contributed by atoms with van der Waals surface area (Å²) in [7, 11) is -9.71. The molecule has 0 radical (unpaired) electrons. The van der Waals surface area contributed by atoms with Gasteiger partial charge >= 0.3 is 0 Å². The molecule has 2 heterocycles. The summed E-state index contributed by atoms with van der Waals surface area (Å²) in [4.78, 5) is 21.7. The van der Waals surface area contributed by atoms with Crippen LogP contribution in [0.1, 0.15) is 17.2 Å². The van der Waals surface area contributed by atoms with E-state index in [0.29, 0.717) is 0 Å². The first-order valence-corrected chi connectivity index (χ1v) is 12.7. The predicted octanol–water partition coefficient (Wildman–Crippen LogP) is 0.952. The summed E-state index contributed by atoms with van der Waals surface area (Å²) in [5.74, 6) is 0.229. The van der Waals surface area contributed by atoms with E-state index < -0.39 is 41.8 Å².